The highest BCUT2D eigenvalue weighted by Crippen LogP contribution is 2.34. The van der Waals surface area contributed by atoms with Crippen LogP contribution < -0.4 is 9.64 Å². The van der Waals surface area contributed by atoms with Crippen LogP contribution in [0.4, 0.5) is 5.69 Å². The molecule has 1 amide bonds. The van der Waals surface area contributed by atoms with E-state index in [-0.39, 0.29) is 12.5 Å². The number of thioether (sulfide) groups is 1. The highest BCUT2D eigenvalue weighted by molar-refractivity contribution is 8.14. The summed E-state index contributed by atoms with van der Waals surface area (Å²) in [6, 6.07) is 5.20. The van der Waals surface area contributed by atoms with Crippen molar-refractivity contribution in [2.75, 3.05) is 24.3 Å². The molecule has 0 fully saturated rings. The Balaban J connectivity index is 2.43. The van der Waals surface area contributed by atoms with Gasteiger partial charge in [0, 0.05) is 5.02 Å². The average molecular weight is 285 g/mol. The van der Waals surface area contributed by atoms with Crippen molar-refractivity contribution >= 4 is 40.1 Å². The van der Waals surface area contributed by atoms with Gasteiger partial charge in [-0.05, 0) is 24.0 Å². The van der Waals surface area contributed by atoms with Gasteiger partial charge >= 0.3 is 0 Å². The molecule has 0 atom stereocenters. The molecule has 1 aliphatic rings. The zero-order valence-corrected chi connectivity index (χ0v) is 11.7. The molecule has 2 rings (SSSR count). The molecular weight excluding hydrogens is 272 g/mol. The Morgan fingerprint density at radius 1 is 1.56 bits per heavy atom. The van der Waals surface area contributed by atoms with Crippen molar-refractivity contribution in [3.63, 3.8) is 0 Å². The maximum atomic E-state index is 11.9. The molecule has 0 N–H and O–H groups in total. The molecule has 96 valence electrons. The van der Waals surface area contributed by atoms with Crippen LogP contribution in [0, 0.1) is 0 Å². The van der Waals surface area contributed by atoms with Gasteiger partial charge in [0.1, 0.15) is 12.3 Å². The van der Waals surface area contributed by atoms with Crippen LogP contribution in [-0.4, -0.2) is 30.5 Å². The zero-order valence-electron chi connectivity index (χ0n) is 10.1. The third-order valence-electron chi connectivity index (χ3n) is 2.45. The number of carbonyl (C=O) groups is 1. The summed E-state index contributed by atoms with van der Waals surface area (Å²) < 4.78 is 5.27. The second-order valence-electron chi connectivity index (χ2n) is 3.58. The normalized spacial score (nSPS) is 14.9. The van der Waals surface area contributed by atoms with E-state index < -0.39 is 0 Å². The van der Waals surface area contributed by atoms with E-state index in [4.69, 9.17) is 16.3 Å². The van der Waals surface area contributed by atoms with Crippen LogP contribution in [0.1, 0.15) is 6.92 Å². The molecule has 1 aliphatic heterocycles. The Morgan fingerprint density at radius 2 is 2.33 bits per heavy atom. The van der Waals surface area contributed by atoms with Crippen molar-refractivity contribution < 1.29 is 9.53 Å². The molecule has 0 aliphatic carbocycles. The lowest BCUT2D eigenvalue weighted by Crippen LogP contribution is -2.31. The minimum atomic E-state index is -0.0634. The molecule has 6 heteroatoms. The fraction of sp³-hybridized carbons (Fsp3) is 0.333. The van der Waals surface area contributed by atoms with E-state index in [9.17, 15) is 4.79 Å². The van der Waals surface area contributed by atoms with Crippen LogP contribution in [0.15, 0.2) is 23.2 Å². The largest absolute Gasteiger partial charge is 0.495 e. The van der Waals surface area contributed by atoms with E-state index in [2.05, 4.69) is 4.99 Å². The van der Waals surface area contributed by atoms with Gasteiger partial charge in [0.25, 0.3) is 5.91 Å². The minimum Gasteiger partial charge on any atom is -0.495 e. The van der Waals surface area contributed by atoms with Gasteiger partial charge in [-0.3, -0.25) is 14.7 Å². The molecule has 0 aromatic heterocycles. The predicted octanol–water partition coefficient (Wildman–Crippen LogP) is 2.80. The van der Waals surface area contributed by atoms with Crippen molar-refractivity contribution in [1.29, 1.82) is 0 Å². The van der Waals surface area contributed by atoms with Gasteiger partial charge in [-0.25, -0.2) is 0 Å². The van der Waals surface area contributed by atoms with Crippen LogP contribution in [0.3, 0.4) is 0 Å². The molecule has 4 nitrogen and oxygen atoms in total. The quantitative estimate of drug-likeness (QED) is 0.857. The molecule has 0 saturated carbocycles. The number of amidine groups is 1. The predicted molar refractivity (Wildman–Crippen MR) is 75.9 cm³/mol. The number of rotatable bonds is 3. The molecule has 0 radical (unpaired) electrons. The summed E-state index contributed by atoms with van der Waals surface area (Å²) in [4.78, 5) is 17.7. The number of aliphatic imine (C=N–C) groups is 1. The van der Waals surface area contributed by atoms with Crippen molar-refractivity contribution in [1.82, 2.24) is 0 Å². The fourth-order valence-electron chi connectivity index (χ4n) is 1.70. The zero-order chi connectivity index (χ0) is 13.1. The monoisotopic (exact) mass is 284 g/mol. The van der Waals surface area contributed by atoms with E-state index in [1.807, 2.05) is 6.92 Å². The summed E-state index contributed by atoms with van der Waals surface area (Å²) in [5, 5.41) is 1.26. The number of hydrogen-bond acceptors (Lipinski definition) is 4. The van der Waals surface area contributed by atoms with Gasteiger partial charge in [0.15, 0.2) is 5.17 Å². The Kier molecular flexibility index (Phi) is 4.14. The summed E-state index contributed by atoms with van der Waals surface area (Å²) in [7, 11) is 1.57. The fourth-order valence-corrected chi connectivity index (χ4v) is 2.61. The first-order valence-electron chi connectivity index (χ1n) is 5.51. The Morgan fingerprint density at radius 3 is 3.00 bits per heavy atom. The Bertz CT molecular complexity index is 505. The van der Waals surface area contributed by atoms with Crippen molar-refractivity contribution in [3.8, 4) is 5.75 Å². The third-order valence-corrected chi connectivity index (χ3v) is 3.54. The number of amides is 1. The lowest BCUT2D eigenvalue weighted by atomic mass is 10.2. The number of halogens is 1. The molecule has 1 heterocycles. The maximum absolute atomic E-state index is 11.9. The number of anilines is 1. The number of methoxy groups -OCH3 is 1. The highest BCUT2D eigenvalue weighted by Gasteiger charge is 2.29. The topological polar surface area (TPSA) is 41.9 Å². The molecule has 1 aromatic rings. The Labute approximate surface area is 115 Å². The second-order valence-corrected chi connectivity index (χ2v) is 5.24. The molecular formula is C12H13ClN2O2S. The molecule has 1 aromatic carbocycles. The van der Waals surface area contributed by atoms with E-state index in [0.29, 0.717) is 21.6 Å². The maximum Gasteiger partial charge on any atom is 0.255 e. The van der Waals surface area contributed by atoms with Gasteiger partial charge in [0.2, 0.25) is 0 Å². The smallest absolute Gasteiger partial charge is 0.255 e. The van der Waals surface area contributed by atoms with E-state index in [0.717, 1.165) is 5.75 Å². The van der Waals surface area contributed by atoms with Gasteiger partial charge in [0.05, 0.1) is 12.8 Å². The van der Waals surface area contributed by atoms with Crippen LogP contribution in [0.5, 0.6) is 5.75 Å². The number of nitrogens with zero attached hydrogens (tertiary/aromatic N) is 2. The standard InChI is InChI=1S/C12H13ClN2O2S/c1-3-18-12-14-7-11(16)15(12)9-6-8(13)4-5-10(9)17-2/h4-6H,3,7H2,1-2H3. The average Bonchev–Trinajstić information content (AvgIpc) is 2.71. The van der Waals surface area contributed by atoms with Crippen molar-refractivity contribution in [2.24, 2.45) is 4.99 Å². The molecule has 0 saturated heterocycles. The number of ether oxygens (including phenoxy) is 1. The van der Waals surface area contributed by atoms with E-state index in [1.54, 1.807) is 30.2 Å². The molecule has 0 bridgehead atoms. The van der Waals surface area contributed by atoms with E-state index >= 15 is 0 Å². The van der Waals surface area contributed by atoms with Crippen LogP contribution >= 0.6 is 23.4 Å². The van der Waals surface area contributed by atoms with Crippen molar-refractivity contribution in [3.05, 3.63) is 23.2 Å². The van der Waals surface area contributed by atoms with Gasteiger partial charge in [-0.1, -0.05) is 30.3 Å². The van der Waals surface area contributed by atoms with Crippen LogP contribution in [0.2, 0.25) is 5.02 Å². The first-order valence-corrected chi connectivity index (χ1v) is 6.87. The van der Waals surface area contributed by atoms with Gasteiger partial charge in [-0.15, -0.1) is 0 Å². The minimum absolute atomic E-state index is 0.0634. The lowest BCUT2D eigenvalue weighted by Gasteiger charge is -2.20. The number of benzene rings is 1. The first-order chi connectivity index (χ1) is 8.67. The Hall–Kier alpha value is -1.20. The van der Waals surface area contributed by atoms with Gasteiger partial charge < -0.3 is 4.74 Å². The number of hydrogen-bond donors (Lipinski definition) is 0. The SMILES string of the molecule is CCSC1=NCC(=O)N1c1cc(Cl)ccc1OC. The van der Waals surface area contributed by atoms with E-state index in [1.165, 1.54) is 11.8 Å². The first kappa shape index (κ1) is 13.2. The summed E-state index contributed by atoms with van der Waals surface area (Å²) in [6.45, 7) is 2.20. The lowest BCUT2D eigenvalue weighted by molar-refractivity contribution is -0.115. The summed E-state index contributed by atoms with van der Waals surface area (Å²) in [5.41, 5.74) is 0.646. The van der Waals surface area contributed by atoms with Gasteiger partial charge in [-0.2, -0.15) is 0 Å². The third kappa shape index (κ3) is 2.47. The summed E-state index contributed by atoms with van der Waals surface area (Å²) in [6.07, 6.45) is 0. The second kappa shape index (κ2) is 5.63. The van der Waals surface area contributed by atoms with Crippen LogP contribution in [0.25, 0.3) is 0 Å². The molecule has 0 spiro atoms. The molecule has 18 heavy (non-hydrogen) atoms. The molecule has 0 unspecified atom stereocenters. The van der Waals surface area contributed by atoms with Crippen molar-refractivity contribution in [2.45, 2.75) is 6.92 Å². The number of carbonyl (C=O) groups excluding carboxylic acids is 1. The van der Waals surface area contributed by atoms with Crippen LogP contribution in [-0.2, 0) is 4.79 Å². The summed E-state index contributed by atoms with van der Waals surface area (Å²) >= 11 is 7.51. The summed E-state index contributed by atoms with van der Waals surface area (Å²) in [5.74, 6) is 1.40. The highest BCUT2D eigenvalue weighted by atomic mass is 35.5.